The van der Waals surface area contributed by atoms with Crippen molar-refractivity contribution in [3.8, 4) is 0 Å². The van der Waals surface area contributed by atoms with Gasteiger partial charge in [0.25, 0.3) is 0 Å². The normalized spacial score (nSPS) is 36.1. The molecule has 1 heterocycles. The SMILES string of the molecule is CCC1CCC(NC)C(CN2CCCCC2CCO)C1. The number of rotatable bonds is 6. The second kappa shape index (κ2) is 8.35. The van der Waals surface area contributed by atoms with Crippen LogP contribution >= 0.6 is 0 Å². The van der Waals surface area contributed by atoms with Crippen molar-refractivity contribution in [3.63, 3.8) is 0 Å². The molecule has 0 spiro atoms. The molecule has 2 N–H and O–H groups in total. The maximum Gasteiger partial charge on any atom is 0.0445 e. The van der Waals surface area contributed by atoms with Gasteiger partial charge in [-0.15, -0.1) is 0 Å². The lowest BCUT2D eigenvalue weighted by atomic mass is 9.76. The summed E-state index contributed by atoms with van der Waals surface area (Å²) in [5, 5.41) is 12.8. The molecule has 1 saturated carbocycles. The Morgan fingerprint density at radius 3 is 2.75 bits per heavy atom. The number of nitrogens with one attached hydrogen (secondary N) is 1. The molecule has 0 bridgehead atoms. The van der Waals surface area contributed by atoms with Crippen molar-refractivity contribution in [2.24, 2.45) is 11.8 Å². The van der Waals surface area contributed by atoms with Crippen LogP contribution in [0.2, 0.25) is 0 Å². The monoisotopic (exact) mass is 282 g/mol. The highest BCUT2D eigenvalue weighted by Gasteiger charge is 2.32. The Hall–Kier alpha value is -0.120. The fraction of sp³-hybridized carbons (Fsp3) is 1.00. The molecule has 3 nitrogen and oxygen atoms in total. The summed E-state index contributed by atoms with van der Waals surface area (Å²) in [6, 6.07) is 1.34. The van der Waals surface area contributed by atoms with Crippen LogP contribution in [0.25, 0.3) is 0 Å². The molecule has 1 aliphatic carbocycles. The average molecular weight is 282 g/mol. The Labute approximate surface area is 125 Å². The van der Waals surface area contributed by atoms with Crippen LogP contribution in [0.5, 0.6) is 0 Å². The van der Waals surface area contributed by atoms with Crippen molar-refractivity contribution >= 4 is 0 Å². The van der Waals surface area contributed by atoms with Gasteiger partial charge in [0, 0.05) is 25.2 Å². The molecule has 1 saturated heterocycles. The molecular weight excluding hydrogens is 248 g/mol. The highest BCUT2D eigenvalue weighted by Crippen LogP contribution is 2.33. The molecule has 3 heteroatoms. The molecule has 0 aromatic rings. The molecule has 0 radical (unpaired) electrons. The van der Waals surface area contributed by atoms with Gasteiger partial charge in [0.15, 0.2) is 0 Å². The van der Waals surface area contributed by atoms with Crippen molar-refractivity contribution < 1.29 is 5.11 Å². The van der Waals surface area contributed by atoms with Gasteiger partial charge < -0.3 is 10.4 Å². The first-order valence-electron chi connectivity index (χ1n) is 8.80. The van der Waals surface area contributed by atoms with Gasteiger partial charge in [-0.2, -0.15) is 0 Å². The Morgan fingerprint density at radius 2 is 2.05 bits per heavy atom. The molecule has 4 unspecified atom stereocenters. The van der Waals surface area contributed by atoms with Gasteiger partial charge in [-0.05, 0) is 64.0 Å². The average Bonchev–Trinajstić information content (AvgIpc) is 2.49. The topological polar surface area (TPSA) is 35.5 Å². The van der Waals surface area contributed by atoms with Crippen molar-refractivity contribution in [1.82, 2.24) is 10.2 Å². The summed E-state index contributed by atoms with van der Waals surface area (Å²) in [7, 11) is 2.13. The molecule has 2 rings (SSSR count). The van der Waals surface area contributed by atoms with Gasteiger partial charge >= 0.3 is 0 Å². The van der Waals surface area contributed by atoms with E-state index in [1.807, 2.05) is 0 Å². The number of likely N-dealkylation sites (tertiary alicyclic amines) is 1. The summed E-state index contributed by atoms with van der Waals surface area (Å²) in [5.41, 5.74) is 0. The van der Waals surface area contributed by atoms with Crippen LogP contribution in [0.4, 0.5) is 0 Å². The zero-order valence-corrected chi connectivity index (χ0v) is 13.5. The van der Waals surface area contributed by atoms with E-state index in [1.54, 1.807) is 0 Å². The van der Waals surface area contributed by atoms with Gasteiger partial charge in [0.1, 0.15) is 0 Å². The number of aliphatic hydroxyl groups is 1. The molecule has 2 fully saturated rings. The third kappa shape index (κ3) is 4.19. The number of nitrogens with zero attached hydrogens (tertiary/aromatic N) is 1. The Bertz CT molecular complexity index is 270. The maximum absolute atomic E-state index is 9.28. The number of piperidine rings is 1. The first-order chi connectivity index (χ1) is 9.78. The molecule has 0 aromatic heterocycles. The van der Waals surface area contributed by atoms with Gasteiger partial charge in [0.2, 0.25) is 0 Å². The lowest BCUT2D eigenvalue weighted by Gasteiger charge is -2.42. The summed E-state index contributed by atoms with van der Waals surface area (Å²) >= 11 is 0. The van der Waals surface area contributed by atoms with Crippen molar-refractivity contribution in [2.75, 3.05) is 26.7 Å². The second-order valence-corrected chi connectivity index (χ2v) is 6.90. The van der Waals surface area contributed by atoms with E-state index in [-0.39, 0.29) is 0 Å². The summed E-state index contributed by atoms with van der Waals surface area (Å²) in [6.45, 7) is 5.18. The van der Waals surface area contributed by atoms with E-state index in [4.69, 9.17) is 0 Å². The van der Waals surface area contributed by atoms with Gasteiger partial charge in [-0.3, -0.25) is 4.90 Å². The number of aliphatic hydroxyl groups excluding tert-OH is 1. The lowest BCUT2D eigenvalue weighted by Crippen LogP contribution is -2.49. The third-order valence-corrected chi connectivity index (χ3v) is 5.72. The third-order valence-electron chi connectivity index (χ3n) is 5.72. The Morgan fingerprint density at radius 1 is 1.20 bits per heavy atom. The van der Waals surface area contributed by atoms with E-state index in [0.29, 0.717) is 18.7 Å². The predicted molar refractivity (Wildman–Crippen MR) is 84.9 cm³/mol. The molecule has 2 aliphatic rings. The maximum atomic E-state index is 9.28. The van der Waals surface area contributed by atoms with Crippen molar-refractivity contribution in [3.05, 3.63) is 0 Å². The quantitative estimate of drug-likeness (QED) is 0.786. The van der Waals surface area contributed by atoms with E-state index in [1.165, 1.54) is 58.0 Å². The van der Waals surface area contributed by atoms with E-state index >= 15 is 0 Å². The van der Waals surface area contributed by atoms with E-state index in [2.05, 4.69) is 24.2 Å². The molecule has 0 aromatic carbocycles. The molecule has 118 valence electrons. The van der Waals surface area contributed by atoms with E-state index in [0.717, 1.165) is 18.3 Å². The minimum atomic E-state index is 0.346. The van der Waals surface area contributed by atoms with Crippen LogP contribution < -0.4 is 5.32 Å². The molecule has 1 aliphatic heterocycles. The summed E-state index contributed by atoms with van der Waals surface area (Å²) in [5.74, 6) is 1.74. The smallest absolute Gasteiger partial charge is 0.0445 e. The standard InChI is InChI=1S/C17H34N2O/c1-3-14-7-8-17(18-2)15(12-14)13-19-10-5-4-6-16(19)9-11-20/h14-18,20H,3-13H2,1-2H3. The van der Waals surface area contributed by atoms with Crippen LogP contribution in [0.15, 0.2) is 0 Å². The van der Waals surface area contributed by atoms with E-state index < -0.39 is 0 Å². The van der Waals surface area contributed by atoms with Gasteiger partial charge in [-0.1, -0.05) is 19.8 Å². The molecular formula is C17H34N2O. The first kappa shape index (κ1) is 16.3. The highest BCUT2D eigenvalue weighted by molar-refractivity contribution is 4.88. The minimum Gasteiger partial charge on any atom is -0.396 e. The summed E-state index contributed by atoms with van der Waals surface area (Å²) in [6.07, 6.45) is 10.4. The zero-order valence-electron chi connectivity index (χ0n) is 13.5. The lowest BCUT2D eigenvalue weighted by molar-refractivity contribution is 0.0736. The van der Waals surface area contributed by atoms with Gasteiger partial charge in [0.05, 0.1) is 0 Å². The Balaban J connectivity index is 1.93. The van der Waals surface area contributed by atoms with E-state index in [9.17, 15) is 5.11 Å². The fourth-order valence-electron chi connectivity index (χ4n) is 4.39. The van der Waals surface area contributed by atoms with Crippen LogP contribution in [-0.2, 0) is 0 Å². The molecule has 0 amide bonds. The second-order valence-electron chi connectivity index (χ2n) is 6.90. The predicted octanol–water partition coefficient (Wildman–Crippen LogP) is 2.64. The zero-order chi connectivity index (χ0) is 14.4. The Kier molecular flexibility index (Phi) is 6.79. The van der Waals surface area contributed by atoms with Gasteiger partial charge in [-0.25, -0.2) is 0 Å². The summed E-state index contributed by atoms with van der Waals surface area (Å²) < 4.78 is 0. The van der Waals surface area contributed by atoms with Crippen molar-refractivity contribution in [1.29, 1.82) is 0 Å². The fourth-order valence-corrected chi connectivity index (χ4v) is 4.39. The number of hydrogen-bond acceptors (Lipinski definition) is 3. The van der Waals surface area contributed by atoms with Crippen LogP contribution in [0.1, 0.15) is 58.3 Å². The van der Waals surface area contributed by atoms with Crippen LogP contribution in [-0.4, -0.2) is 48.8 Å². The molecule has 20 heavy (non-hydrogen) atoms. The van der Waals surface area contributed by atoms with Crippen LogP contribution in [0, 0.1) is 11.8 Å². The van der Waals surface area contributed by atoms with Crippen molar-refractivity contribution in [2.45, 2.75) is 70.4 Å². The largest absolute Gasteiger partial charge is 0.396 e. The minimum absolute atomic E-state index is 0.346. The summed E-state index contributed by atoms with van der Waals surface area (Å²) in [4.78, 5) is 2.69. The molecule has 4 atom stereocenters. The first-order valence-corrected chi connectivity index (χ1v) is 8.80. The highest BCUT2D eigenvalue weighted by atomic mass is 16.3. The number of hydrogen-bond donors (Lipinski definition) is 2. The van der Waals surface area contributed by atoms with Crippen LogP contribution in [0.3, 0.4) is 0 Å².